The molecule has 1 N–H and O–H groups in total. The summed E-state index contributed by atoms with van der Waals surface area (Å²) in [4.78, 5) is 25.4. The summed E-state index contributed by atoms with van der Waals surface area (Å²) in [5, 5.41) is 10.8. The van der Waals surface area contributed by atoms with Crippen LogP contribution in [0.25, 0.3) is 0 Å². The SMILES string of the molecule is O=C(O)CN(C(=O)CCc1cc(Br)cs1)C1CC1. The van der Waals surface area contributed by atoms with Crippen LogP contribution in [0.1, 0.15) is 24.1 Å². The van der Waals surface area contributed by atoms with Crippen molar-refractivity contribution in [1.82, 2.24) is 4.90 Å². The number of amides is 1. The van der Waals surface area contributed by atoms with Crippen molar-refractivity contribution in [3.8, 4) is 0 Å². The summed E-state index contributed by atoms with van der Waals surface area (Å²) in [5.41, 5.74) is 0. The van der Waals surface area contributed by atoms with E-state index in [4.69, 9.17) is 5.11 Å². The maximum absolute atomic E-state index is 12.0. The highest BCUT2D eigenvalue weighted by Crippen LogP contribution is 2.28. The predicted molar refractivity (Wildman–Crippen MR) is 72.7 cm³/mol. The predicted octanol–water partition coefficient (Wildman–Crippen LogP) is 2.52. The number of hydrogen-bond donors (Lipinski definition) is 1. The molecule has 0 atom stereocenters. The molecule has 1 aliphatic rings. The molecule has 0 unspecified atom stereocenters. The van der Waals surface area contributed by atoms with Crippen molar-refractivity contribution in [2.45, 2.75) is 31.7 Å². The molecule has 0 bridgehead atoms. The first-order chi connectivity index (χ1) is 8.56. The van der Waals surface area contributed by atoms with E-state index in [0.29, 0.717) is 12.8 Å². The molecule has 1 heterocycles. The molecule has 98 valence electrons. The van der Waals surface area contributed by atoms with Crippen molar-refractivity contribution < 1.29 is 14.7 Å². The van der Waals surface area contributed by atoms with Gasteiger partial charge < -0.3 is 10.0 Å². The fraction of sp³-hybridized carbons (Fsp3) is 0.500. The second-order valence-electron chi connectivity index (χ2n) is 4.38. The molecule has 1 aromatic heterocycles. The minimum absolute atomic E-state index is 0.0515. The van der Waals surface area contributed by atoms with Gasteiger partial charge in [0.2, 0.25) is 5.91 Å². The number of thiophene rings is 1. The van der Waals surface area contributed by atoms with E-state index in [-0.39, 0.29) is 18.5 Å². The number of rotatable bonds is 6. The molecule has 1 aromatic rings. The van der Waals surface area contributed by atoms with Crippen LogP contribution in [0, 0.1) is 0 Å². The van der Waals surface area contributed by atoms with Gasteiger partial charge in [0.05, 0.1) is 0 Å². The van der Waals surface area contributed by atoms with Crippen molar-refractivity contribution >= 4 is 39.1 Å². The van der Waals surface area contributed by atoms with Crippen LogP contribution >= 0.6 is 27.3 Å². The van der Waals surface area contributed by atoms with Gasteiger partial charge in [0, 0.05) is 27.2 Å². The van der Waals surface area contributed by atoms with Crippen LogP contribution in [0.2, 0.25) is 0 Å². The third-order valence-electron chi connectivity index (χ3n) is 2.82. The van der Waals surface area contributed by atoms with E-state index < -0.39 is 5.97 Å². The fourth-order valence-electron chi connectivity index (χ4n) is 1.81. The van der Waals surface area contributed by atoms with E-state index in [1.807, 2.05) is 11.4 Å². The van der Waals surface area contributed by atoms with E-state index in [1.165, 1.54) is 4.90 Å². The third kappa shape index (κ3) is 3.81. The molecular weight excluding hydrogens is 318 g/mol. The number of halogens is 1. The van der Waals surface area contributed by atoms with Gasteiger partial charge in [-0.3, -0.25) is 9.59 Å². The number of carboxylic acids is 1. The number of carbonyl (C=O) groups is 2. The first-order valence-electron chi connectivity index (χ1n) is 5.80. The van der Waals surface area contributed by atoms with Crippen molar-refractivity contribution in [1.29, 1.82) is 0 Å². The lowest BCUT2D eigenvalue weighted by atomic mass is 10.2. The van der Waals surface area contributed by atoms with Gasteiger partial charge in [-0.2, -0.15) is 0 Å². The van der Waals surface area contributed by atoms with Gasteiger partial charge in [-0.15, -0.1) is 11.3 Å². The standard InChI is InChI=1S/C12H14BrNO3S/c13-8-5-10(18-7-8)3-4-11(15)14(6-12(16)17)9-1-2-9/h5,7,9H,1-4,6H2,(H,16,17). The topological polar surface area (TPSA) is 57.6 Å². The Kier molecular flexibility index (Phi) is 4.40. The molecule has 0 aliphatic heterocycles. The number of carboxylic acid groups (broad SMARTS) is 1. The lowest BCUT2D eigenvalue weighted by Crippen LogP contribution is -2.37. The molecular formula is C12H14BrNO3S. The summed E-state index contributed by atoms with van der Waals surface area (Å²) in [6.45, 7) is -0.169. The maximum Gasteiger partial charge on any atom is 0.323 e. The molecule has 0 aromatic carbocycles. The minimum Gasteiger partial charge on any atom is -0.480 e. The van der Waals surface area contributed by atoms with Crippen molar-refractivity contribution in [3.63, 3.8) is 0 Å². The summed E-state index contributed by atoms with van der Waals surface area (Å²) in [6, 6.07) is 2.15. The van der Waals surface area contributed by atoms with Gasteiger partial charge in [0.15, 0.2) is 0 Å². The van der Waals surface area contributed by atoms with E-state index in [0.717, 1.165) is 22.2 Å². The fourth-order valence-corrected chi connectivity index (χ4v) is 3.27. The number of aliphatic carboxylic acids is 1. The lowest BCUT2D eigenvalue weighted by molar-refractivity contribution is -0.144. The molecule has 0 radical (unpaired) electrons. The van der Waals surface area contributed by atoms with Crippen LogP contribution in [0.4, 0.5) is 0 Å². The highest BCUT2D eigenvalue weighted by molar-refractivity contribution is 9.10. The normalized spacial score (nSPS) is 14.5. The summed E-state index contributed by atoms with van der Waals surface area (Å²) >= 11 is 4.98. The maximum atomic E-state index is 12.0. The number of aryl methyl sites for hydroxylation is 1. The number of hydrogen-bond acceptors (Lipinski definition) is 3. The zero-order chi connectivity index (χ0) is 13.1. The Hall–Kier alpha value is -0.880. The van der Waals surface area contributed by atoms with Crippen LogP contribution in [0.3, 0.4) is 0 Å². The van der Waals surface area contributed by atoms with Gasteiger partial charge in [-0.25, -0.2) is 0 Å². The molecule has 1 amide bonds. The smallest absolute Gasteiger partial charge is 0.323 e. The highest BCUT2D eigenvalue weighted by atomic mass is 79.9. The largest absolute Gasteiger partial charge is 0.480 e. The van der Waals surface area contributed by atoms with Gasteiger partial charge in [-0.1, -0.05) is 0 Å². The third-order valence-corrected chi connectivity index (χ3v) is 4.58. The quantitative estimate of drug-likeness (QED) is 0.871. The second kappa shape index (κ2) is 5.84. The van der Waals surface area contributed by atoms with Crippen LogP contribution in [-0.2, 0) is 16.0 Å². The Bertz CT molecular complexity index is 456. The van der Waals surface area contributed by atoms with Gasteiger partial charge in [0.1, 0.15) is 6.54 Å². The molecule has 1 aliphatic carbocycles. The summed E-state index contributed by atoms with van der Waals surface area (Å²) in [5.74, 6) is -0.987. The van der Waals surface area contributed by atoms with Gasteiger partial charge in [-0.05, 0) is 41.3 Å². The average Bonchev–Trinajstić information content (AvgIpc) is 3.06. The van der Waals surface area contributed by atoms with Gasteiger partial charge >= 0.3 is 5.97 Å². The van der Waals surface area contributed by atoms with Crippen LogP contribution in [-0.4, -0.2) is 34.5 Å². The van der Waals surface area contributed by atoms with Crippen molar-refractivity contribution in [2.24, 2.45) is 0 Å². The molecule has 6 heteroatoms. The number of nitrogens with zero attached hydrogens (tertiary/aromatic N) is 1. The molecule has 0 spiro atoms. The van der Waals surface area contributed by atoms with Crippen molar-refractivity contribution in [3.05, 3.63) is 20.8 Å². The molecule has 1 fully saturated rings. The first kappa shape index (κ1) is 13.5. The van der Waals surface area contributed by atoms with E-state index in [1.54, 1.807) is 11.3 Å². The Morgan fingerprint density at radius 1 is 1.50 bits per heavy atom. The second-order valence-corrected chi connectivity index (χ2v) is 6.29. The van der Waals surface area contributed by atoms with Crippen LogP contribution in [0.15, 0.2) is 15.9 Å². The minimum atomic E-state index is -0.936. The number of carbonyl (C=O) groups excluding carboxylic acids is 1. The van der Waals surface area contributed by atoms with Crippen LogP contribution < -0.4 is 0 Å². The van der Waals surface area contributed by atoms with Crippen LogP contribution in [0.5, 0.6) is 0 Å². The zero-order valence-corrected chi connectivity index (χ0v) is 12.2. The van der Waals surface area contributed by atoms with E-state index >= 15 is 0 Å². The monoisotopic (exact) mass is 331 g/mol. The first-order valence-corrected chi connectivity index (χ1v) is 7.47. The summed E-state index contributed by atoms with van der Waals surface area (Å²) in [7, 11) is 0. The molecule has 0 saturated heterocycles. The average molecular weight is 332 g/mol. The van der Waals surface area contributed by atoms with Crippen molar-refractivity contribution in [2.75, 3.05) is 6.54 Å². The molecule has 4 nitrogen and oxygen atoms in total. The van der Waals surface area contributed by atoms with E-state index in [2.05, 4.69) is 15.9 Å². The highest BCUT2D eigenvalue weighted by Gasteiger charge is 2.33. The Morgan fingerprint density at radius 2 is 2.22 bits per heavy atom. The Morgan fingerprint density at radius 3 is 2.72 bits per heavy atom. The lowest BCUT2D eigenvalue weighted by Gasteiger charge is -2.19. The Balaban J connectivity index is 1.87. The molecule has 18 heavy (non-hydrogen) atoms. The Labute approximate surface area is 118 Å². The van der Waals surface area contributed by atoms with E-state index in [9.17, 15) is 9.59 Å². The molecule has 1 saturated carbocycles. The summed E-state index contributed by atoms with van der Waals surface area (Å²) < 4.78 is 1.03. The summed E-state index contributed by atoms with van der Waals surface area (Å²) in [6.07, 6.45) is 2.93. The zero-order valence-electron chi connectivity index (χ0n) is 9.76. The van der Waals surface area contributed by atoms with Gasteiger partial charge in [0.25, 0.3) is 0 Å². The molecule has 2 rings (SSSR count).